The Labute approximate surface area is 170 Å². The molecule has 0 aliphatic carbocycles. The van der Waals surface area contributed by atoms with Crippen molar-refractivity contribution in [3.63, 3.8) is 0 Å². The van der Waals surface area contributed by atoms with Gasteiger partial charge in [-0.15, -0.1) is 0 Å². The van der Waals surface area contributed by atoms with Gasteiger partial charge in [-0.2, -0.15) is 5.10 Å². The number of hydrogen-bond donors (Lipinski definition) is 1. The highest BCUT2D eigenvalue weighted by Crippen LogP contribution is 2.22. The van der Waals surface area contributed by atoms with Crippen molar-refractivity contribution < 1.29 is 4.42 Å². The number of aromatic nitrogens is 4. The Balaban J connectivity index is 1.57. The molecule has 1 aromatic carbocycles. The molecule has 0 radical (unpaired) electrons. The van der Waals surface area contributed by atoms with Gasteiger partial charge in [0, 0.05) is 18.5 Å². The Morgan fingerprint density at radius 1 is 1.17 bits per heavy atom. The third kappa shape index (κ3) is 4.19. The third-order valence-electron chi connectivity index (χ3n) is 5.74. The molecule has 0 saturated carbocycles. The molecule has 0 spiro atoms. The fourth-order valence-corrected chi connectivity index (χ4v) is 3.94. The molecule has 3 aromatic rings. The minimum atomic E-state index is -0.0734. The molecule has 0 bridgehead atoms. The quantitative estimate of drug-likeness (QED) is 0.694. The van der Waals surface area contributed by atoms with Gasteiger partial charge in [0.15, 0.2) is 0 Å². The highest BCUT2D eigenvalue weighted by Gasteiger charge is 2.21. The molecule has 7 heteroatoms. The van der Waals surface area contributed by atoms with Crippen LogP contribution in [-0.4, -0.2) is 32.4 Å². The van der Waals surface area contributed by atoms with Crippen LogP contribution in [0.3, 0.4) is 0 Å². The smallest absolute Gasteiger partial charge is 0.346 e. The van der Waals surface area contributed by atoms with Gasteiger partial charge in [0.2, 0.25) is 5.89 Å². The molecule has 7 nitrogen and oxygen atoms in total. The number of hydrogen-bond acceptors (Lipinski definition) is 5. The summed E-state index contributed by atoms with van der Waals surface area (Å²) in [7, 11) is 0. The van der Waals surface area contributed by atoms with E-state index in [1.54, 1.807) is 4.57 Å². The normalized spacial score (nSPS) is 15.1. The molecule has 1 aliphatic rings. The largest absolute Gasteiger partial charge is 0.441 e. The first-order chi connectivity index (χ1) is 14.0. The fraction of sp³-hybridized carbons (Fsp3) is 0.500. The summed E-state index contributed by atoms with van der Waals surface area (Å²) in [6.45, 7) is 8.98. The maximum Gasteiger partial charge on any atom is 0.346 e. The second-order valence-corrected chi connectivity index (χ2v) is 7.89. The van der Waals surface area contributed by atoms with Crippen LogP contribution in [0.5, 0.6) is 0 Å². The van der Waals surface area contributed by atoms with Crippen molar-refractivity contribution in [3.8, 4) is 11.5 Å². The van der Waals surface area contributed by atoms with Crippen LogP contribution in [0.2, 0.25) is 0 Å². The maximum atomic E-state index is 12.9. The lowest BCUT2D eigenvalue weighted by molar-refractivity contribution is 0.362. The first kappa shape index (κ1) is 19.6. The van der Waals surface area contributed by atoms with Crippen LogP contribution in [0.4, 0.5) is 0 Å². The second kappa shape index (κ2) is 8.37. The van der Waals surface area contributed by atoms with Gasteiger partial charge in [0.05, 0.1) is 6.54 Å². The monoisotopic (exact) mass is 395 g/mol. The van der Waals surface area contributed by atoms with Gasteiger partial charge in [-0.05, 0) is 64.8 Å². The molecule has 0 atom stereocenters. The summed E-state index contributed by atoms with van der Waals surface area (Å²) in [5.41, 5.74) is 2.80. The lowest BCUT2D eigenvalue weighted by Crippen LogP contribution is -2.30. The Morgan fingerprint density at radius 2 is 1.90 bits per heavy atom. The van der Waals surface area contributed by atoms with Crippen LogP contribution in [-0.2, 0) is 19.5 Å². The number of rotatable bonds is 6. The summed E-state index contributed by atoms with van der Waals surface area (Å²) in [6, 6.07) is 8.07. The standard InChI is InChI=1S/C22H29N5O2/c1-4-26-20(13-17-9-11-23-12-10-17)25-27(22(26)28)14-19-16(3)29-21(24-19)18-7-5-15(2)6-8-18/h5-8,17,23H,4,9-14H2,1-3H3. The molecular formula is C22H29N5O2. The molecule has 0 amide bonds. The summed E-state index contributed by atoms with van der Waals surface area (Å²) in [5.74, 6) is 2.76. The van der Waals surface area contributed by atoms with Crippen LogP contribution in [0.15, 0.2) is 33.5 Å². The van der Waals surface area contributed by atoms with Gasteiger partial charge < -0.3 is 9.73 Å². The van der Waals surface area contributed by atoms with E-state index in [1.165, 1.54) is 10.2 Å². The van der Waals surface area contributed by atoms with Crippen molar-refractivity contribution in [2.75, 3.05) is 13.1 Å². The summed E-state index contributed by atoms with van der Waals surface area (Å²) in [4.78, 5) is 17.5. The van der Waals surface area contributed by atoms with E-state index in [4.69, 9.17) is 4.42 Å². The molecule has 154 valence electrons. The predicted octanol–water partition coefficient (Wildman–Crippen LogP) is 2.93. The minimum Gasteiger partial charge on any atom is -0.441 e. The molecule has 1 aliphatic heterocycles. The van der Waals surface area contributed by atoms with Gasteiger partial charge in [0.25, 0.3) is 0 Å². The zero-order valence-corrected chi connectivity index (χ0v) is 17.4. The van der Waals surface area contributed by atoms with Gasteiger partial charge in [-0.3, -0.25) is 4.57 Å². The average molecular weight is 396 g/mol. The van der Waals surface area contributed by atoms with E-state index >= 15 is 0 Å². The van der Waals surface area contributed by atoms with Crippen molar-refractivity contribution in [2.24, 2.45) is 5.92 Å². The van der Waals surface area contributed by atoms with Crippen LogP contribution in [0, 0.1) is 19.8 Å². The molecule has 1 saturated heterocycles. The third-order valence-corrected chi connectivity index (χ3v) is 5.74. The van der Waals surface area contributed by atoms with E-state index in [9.17, 15) is 4.79 Å². The number of oxazole rings is 1. The summed E-state index contributed by atoms with van der Waals surface area (Å²) >= 11 is 0. The van der Waals surface area contributed by atoms with Crippen LogP contribution >= 0.6 is 0 Å². The predicted molar refractivity (Wildman–Crippen MR) is 112 cm³/mol. The second-order valence-electron chi connectivity index (χ2n) is 7.89. The molecule has 0 unspecified atom stereocenters. The topological polar surface area (TPSA) is 77.9 Å². The highest BCUT2D eigenvalue weighted by molar-refractivity contribution is 5.54. The van der Waals surface area contributed by atoms with Crippen molar-refractivity contribution >= 4 is 0 Å². The molecule has 1 fully saturated rings. The molecule has 3 heterocycles. The molecular weight excluding hydrogens is 366 g/mol. The minimum absolute atomic E-state index is 0.0734. The van der Waals surface area contributed by atoms with Crippen LogP contribution < -0.4 is 11.0 Å². The van der Waals surface area contributed by atoms with Crippen molar-refractivity contribution in [2.45, 2.75) is 53.1 Å². The Bertz CT molecular complexity index is 1020. The van der Waals surface area contributed by atoms with E-state index in [1.807, 2.05) is 45.0 Å². The first-order valence-corrected chi connectivity index (χ1v) is 10.5. The van der Waals surface area contributed by atoms with E-state index in [0.717, 1.165) is 55.2 Å². The van der Waals surface area contributed by atoms with Gasteiger partial charge in [0.1, 0.15) is 17.3 Å². The zero-order chi connectivity index (χ0) is 20.4. The number of aryl methyl sites for hydroxylation is 2. The van der Waals surface area contributed by atoms with E-state index in [2.05, 4.69) is 15.4 Å². The molecule has 29 heavy (non-hydrogen) atoms. The summed E-state index contributed by atoms with van der Waals surface area (Å²) < 4.78 is 9.19. The van der Waals surface area contributed by atoms with E-state index < -0.39 is 0 Å². The number of nitrogens with one attached hydrogen (secondary N) is 1. The fourth-order valence-electron chi connectivity index (χ4n) is 3.94. The zero-order valence-electron chi connectivity index (χ0n) is 17.4. The Kier molecular flexibility index (Phi) is 5.67. The van der Waals surface area contributed by atoms with Crippen LogP contribution in [0.1, 0.15) is 42.6 Å². The summed E-state index contributed by atoms with van der Waals surface area (Å²) in [6.07, 6.45) is 3.12. The highest BCUT2D eigenvalue weighted by atomic mass is 16.4. The maximum absolute atomic E-state index is 12.9. The SMILES string of the molecule is CCn1c(CC2CCNCC2)nn(Cc2nc(-c3ccc(C)cc3)oc2C)c1=O. The van der Waals surface area contributed by atoms with E-state index in [-0.39, 0.29) is 5.69 Å². The average Bonchev–Trinajstić information content (AvgIpc) is 3.23. The van der Waals surface area contributed by atoms with Gasteiger partial charge >= 0.3 is 5.69 Å². The van der Waals surface area contributed by atoms with Crippen molar-refractivity contribution in [3.05, 3.63) is 57.6 Å². The Hall–Kier alpha value is -2.67. The van der Waals surface area contributed by atoms with Crippen molar-refractivity contribution in [1.29, 1.82) is 0 Å². The molecule has 2 aromatic heterocycles. The van der Waals surface area contributed by atoms with E-state index in [0.29, 0.717) is 24.9 Å². The lowest BCUT2D eigenvalue weighted by atomic mass is 9.94. The lowest BCUT2D eigenvalue weighted by Gasteiger charge is -2.21. The van der Waals surface area contributed by atoms with Crippen molar-refractivity contribution in [1.82, 2.24) is 24.6 Å². The Morgan fingerprint density at radius 3 is 2.59 bits per heavy atom. The van der Waals surface area contributed by atoms with Gasteiger partial charge in [-0.25, -0.2) is 14.5 Å². The summed E-state index contributed by atoms with van der Waals surface area (Å²) in [5, 5.41) is 8.06. The molecule has 4 rings (SSSR count). The molecule has 1 N–H and O–H groups in total. The number of nitrogens with zero attached hydrogens (tertiary/aromatic N) is 4. The first-order valence-electron chi connectivity index (χ1n) is 10.5. The number of benzene rings is 1. The number of piperidine rings is 1. The van der Waals surface area contributed by atoms with Crippen LogP contribution in [0.25, 0.3) is 11.5 Å². The van der Waals surface area contributed by atoms with Gasteiger partial charge in [-0.1, -0.05) is 17.7 Å².